The van der Waals surface area contributed by atoms with Crippen molar-refractivity contribution in [2.75, 3.05) is 6.54 Å². The number of nitro groups is 1. The molecule has 2 heterocycles. The van der Waals surface area contributed by atoms with E-state index in [1.807, 2.05) is 0 Å². The Hall–Kier alpha value is -3.60. The van der Waals surface area contributed by atoms with Crippen molar-refractivity contribution in [1.29, 1.82) is 0 Å². The predicted octanol–water partition coefficient (Wildman–Crippen LogP) is 2.25. The van der Waals surface area contributed by atoms with Crippen molar-refractivity contribution in [2.45, 2.75) is 6.54 Å². The number of thioether (sulfide) groups is 1. The number of phenols is 1. The quantitative estimate of drug-likeness (QED) is 0.425. The lowest BCUT2D eigenvalue weighted by molar-refractivity contribution is -0.385. The van der Waals surface area contributed by atoms with Gasteiger partial charge in [0.15, 0.2) is 5.75 Å². The molecule has 3 amide bonds. The molecule has 2 N–H and O–H groups in total. The first-order valence-electron chi connectivity index (χ1n) is 7.87. The van der Waals surface area contributed by atoms with Crippen LogP contribution in [-0.4, -0.2) is 38.5 Å². The lowest BCUT2D eigenvalue weighted by Crippen LogP contribution is -2.39. The second-order valence-electron chi connectivity index (χ2n) is 5.63. The molecule has 10 nitrogen and oxygen atoms in total. The Balaban J connectivity index is 1.69. The fourth-order valence-corrected chi connectivity index (χ4v) is 3.20. The number of amides is 3. The highest BCUT2D eigenvalue weighted by Gasteiger charge is 2.36. The molecule has 1 aromatic heterocycles. The molecule has 1 aliphatic heterocycles. The van der Waals surface area contributed by atoms with Gasteiger partial charge in [-0.25, -0.2) is 0 Å². The number of phenolic OH excluding ortho intramolecular Hbond substituents is 1. The topological polar surface area (TPSA) is 143 Å². The summed E-state index contributed by atoms with van der Waals surface area (Å²) in [7, 11) is 0. The molecule has 0 bridgehead atoms. The van der Waals surface area contributed by atoms with Gasteiger partial charge in [-0.05, 0) is 41.6 Å². The highest BCUT2D eigenvalue weighted by atomic mass is 32.2. The lowest BCUT2D eigenvalue weighted by Gasteiger charge is -2.11. The van der Waals surface area contributed by atoms with Gasteiger partial charge in [-0.2, -0.15) is 0 Å². The van der Waals surface area contributed by atoms with E-state index < -0.39 is 40.0 Å². The van der Waals surface area contributed by atoms with Crippen LogP contribution in [0.2, 0.25) is 0 Å². The number of carbonyl (C=O) groups is 3. The van der Waals surface area contributed by atoms with E-state index in [0.717, 1.165) is 17.0 Å². The van der Waals surface area contributed by atoms with Gasteiger partial charge in [0.1, 0.15) is 12.3 Å². The summed E-state index contributed by atoms with van der Waals surface area (Å²) in [5.41, 5.74) is -0.262. The molecule has 1 aromatic carbocycles. The lowest BCUT2D eigenvalue weighted by atomic mass is 10.1. The van der Waals surface area contributed by atoms with E-state index in [1.54, 1.807) is 12.1 Å². The molecule has 0 radical (unpaired) electrons. The van der Waals surface area contributed by atoms with Crippen molar-refractivity contribution >= 4 is 40.6 Å². The third-order valence-electron chi connectivity index (χ3n) is 3.71. The van der Waals surface area contributed by atoms with Gasteiger partial charge in [0, 0.05) is 6.07 Å². The molecule has 1 saturated heterocycles. The molecule has 1 aliphatic rings. The maximum absolute atomic E-state index is 12.4. The number of rotatable bonds is 6. The second kappa shape index (κ2) is 7.96. The molecule has 0 atom stereocenters. The number of nitro benzene ring substituents is 1. The average molecular weight is 403 g/mol. The number of hydrogen-bond donors (Lipinski definition) is 2. The van der Waals surface area contributed by atoms with Crippen molar-refractivity contribution in [3.8, 4) is 5.75 Å². The van der Waals surface area contributed by atoms with Crippen LogP contribution in [0.3, 0.4) is 0 Å². The number of benzene rings is 1. The van der Waals surface area contributed by atoms with Crippen LogP contribution >= 0.6 is 11.8 Å². The molecule has 144 valence electrons. The van der Waals surface area contributed by atoms with Crippen LogP contribution < -0.4 is 5.32 Å². The Morgan fingerprint density at radius 3 is 2.82 bits per heavy atom. The van der Waals surface area contributed by atoms with Gasteiger partial charge in [-0.15, -0.1) is 0 Å². The SMILES string of the molecule is O=C(CN1C(=O)S/C(=C\c2ccc(O)c([N+](=O)[O-])c2)C1=O)NCc1ccco1. The Bertz CT molecular complexity index is 985. The summed E-state index contributed by atoms with van der Waals surface area (Å²) < 4.78 is 5.07. The van der Waals surface area contributed by atoms with Crippen LogP contribution in [0.1, 0.15) is 11.3 Å². The van der Waals surface area contributed by atoms with Gasteiger partial charge in [0.2, 0.25) is 5.91 Å². The van der Waals surface area contributed by atoms with E-state index in [9.17, 15) is 29.6 Å². The average Bonchev–Trinajstić information content (AvgIpc) is 3.25. The summed E-state index contributed by atoms with van der Waals surface area (Å²) in [6, 6.07) is 6.90. The minimum absolute atomic E-state index is 0.0174. The van der Waals surface area contributed by atoms with E-state index in [0.29, 0.717) is 17.5 Å². The number of imide groups is 1. The maximum atomic E-state index is 12.4. The number of aromatic hydroxyl groups is 1. The minimum Gasteiger partial charge on any atom is -0.502 e. The zero-order chi connectivity index (χ0) is 20.3. The molecule has 0 aliphatic carbocycles. The van der Waals surface area contributed by atoms with E-state index in [-0.39, 0.29) is 17.0 Å². The van der Waals surface area contributed by atoms with E-state index in [1.165, 1.54) is 18.4 Å². The fraction of sp³-hybridized carbons (Fsp3) is 0.118. The van der Waals surface area contributed by atoms with Gasteiger partial charge < -0.3 is 14.8 Å². The van der Waals surface area contributed by atoms with Crippen LogP contribution in [0.25, 0.3) is 6.08 Å². The van der Waals surface area contributed by atoms with E-state index in [4.69, 9.17) is 4.42 Å². The second-order valence-corrected chi connectivity index (χ2v) is 6.62. The summed E-state index contributed by atoms with van der Waals surface area (Å²) in [4.78, 5) is 47.4. The molecule has 0 spiro atoms. The molecular formula is C17H13N3O7S. The first kappa shape index (κ1) is 19.2. The molecule has 3 rings (SSSR count). The zero-order valence-electron chi connectivity index (χ0n) is 14.2. The summed E-state index contributed by atoms with van der Waals surface area (Å²) >= 11 is 0.621. The molecule has 1 fully saturated rings. The van der Waals surface area contributed by atoms with E-state index in [2.05, 4.69) is 5.32 Å². The Kier molecular flexibility index (Phi) is 5.45. The number of nitrogens with one attached hydrogen (secondary N) is 1. The van der Waals surface area contributed by atoms with Crippen molar-refractivity contribution in [3.05, 3.63) is 62.9 Å². The van der Waals surface area contributed by atoms with Crippen molar-refractivity contribution in [2.24, 2.45) is 0 Å². The Morgan fingerprint density at radius 1 is 1.36 bits per heavy atom. The number of hydrogen-bond acceptors (Lipinski definition) is 8. The molecular weight excluding hydrogens is 390 g/mol. The molecule has 11 heteroatoms. The first-order valence-corrected chi connectivity index (χ1v) is 8.68. The van der Waals surface area contributed by atoms with Crippen molar-refractivity contribution < 1.29 is 28.8 Å². The first-order chi connectivity index (χ1) is 13.3. The third kappa shape index (κ3) is 4.20. The summed E-state index contributed by atoms with van der Waals surface area (Å²) in [6.45, 7) is -0.340. The number of carbonyl (C=O) groups excluding carboxylic acids is 3. The number of nitrogens with zero attached hydrogens (tertiary/aromatic N) is 2. The van der Waals surface area contributed by atoms with Crippen LogP contribution in [0.5, 0.6) is 5.75 Å². The van der Waals surface area contributed by atoms with Crippen LogP contribution in [-0.2, 0) is 16.1 Å². The van der Waals surface area contributed by atoms with Crippen molar-refractivity contribution in [3.63, 3.8) is 0 Å². The smallest absolute Gasteiger partial charge is 0.311 e. The number of furan rings is 1. The third-order valence-corrected chi connectivity index (χ3v) is 4.62. The highest BCUT2D eigenvalue weighted by molar-refractivity contribution is 8.18. The fourth-order valence-electron chi connectivity index (χ4n) is 2.36. The monoisotopic (exact) mass is 403 g/mol. The summed E-state index contributed by atoms with van der Waals surface area (Å²) in [6.07, 6.45) is 2.74. The highest BCUT2D eigenvalue weighted by Crippen LogP contribution is 2.33. The summed E-state index contributed by atoms with van der Waals surface area (Å²) in [5, 5.41) is 22.3. The predicted molar refractivity (Wildman–Crippen MR) is 98.0 cm³/mol. The Labute approximate surface area is 162 Å². The van der Waals surface area contributed by atoms with Gasteiger partial charge in [-0.1, -0.05) is 6.07 Å². The maximum Gasteiger partial charge on any atom is 0.311 e. The molecule has 0 saturated carbocycles. The van der Waals surface area contributed by atoms with Gasteiger partial charge >= 0.3 is 5.69 Å². The van der Waals surface area contributed by atoms with Crippen LogP contribution in [0.15, 0.2) is 45.9 Å². The molecule has 2 aromatic rings. The normalized spacial score (nSPS) is 15.3. The van der Waals surface area contributed by atoms with Gasteiger partial charge in [-0.3, -0.25) is 29.4 Å². The van der Waals surface area contributed by atoms with Crippen molar-refractivity contribution in [1.82, 2.24) is 10.2 Å². The molecule has 28 heavy (non-hydrogen) atoms. The van der Waals surface area contributed by atoms with Crippen LogP contribution in [0, 0.1) is 10.1 Å². The van der Waals surface area contributed by atoms with Gasteiger partial charge in [0.25, 0.3) is 11.1 Å². The largest absolute Gasteiger partial charge is 0.502 e. The van der Waals surface area contributed by atoms with Gasteiger partial charge in [0.05, 0.1) is 22.6 Å². The van der Waals surface area contributed by atoms with Crippen LogP contribution in [0.4, 0.5) is 10.5 Å². The summed E-state index contributed by atoms with van der Waals surface area (Å²) in [5.74, 6) is -1.21. The van der Waals surface area contributed by atoms with E-state index >= 15 is 0 Å². The zero-order valence-corrected chi connectivity index (χ0v) is 15.0. The Morgan fingerprint density at radius 2 is 2.14 bits per heavy atom. The minimum atomic E-state index is -0.762. The molecule has 0 unspecified atom stereocenters. The standard InChI is InChI=1S/C17H13N3O7S/c21-13-4-3-10(6-12(13)20(25)26)7-14-16(23)19(17(24)28-14)9-15(22)18-8-11-2-1-5-27-11/h1-7,21H,8-9H2,(H,18,22)/b14-7-.